The topological polar surface area (TPSA) is 78.2 Å². The number of hydrogen-bond donors (Lipinski definition) is 1. The first-order valence-electron chi connectivity index (χ1n) is 9.35. The van der Waals surface area contributed by atoms with E-state index in [-0.39, 0.29) is 18.1 Å². The molecule has 3 rings (SSSR count). The molecule has 1 aromatic heterocycles. The Hall–Kier alpha value is -3.61. The molecule has 1 heterocycles. The second-order valence-corrected chi connectivity index (χ2v) is 6.46. The quantitative estimate of drug-likeness (QED) is 0.639. The lowest BCUT2D eigenvalue weighted by molar-refractivity contribution is -0.122. The van der Waals surface area contributed by atoms with E-state index < -0.39 is 0 Å². The number of rotatable bonds is 8. The van der Waals surface area contributed by atoms with Crippen molar-refractivity contribution in [3.8, 4) is 17.1 Å². The van der Waals surface area contributed by atoms with Crippen molar-refractivity contribution in [3.05, 3.63) is 76.7 Å². The van der Waals surface area contributed by atoms with Crippen LogP contribution in [0.25, 0.3) is 17.5 Å². The van der Waals surface area contributed by atoms with Crippen molar-refractivity contribution in [1.82, 2.24) is 19.7 Å². The maximum Gasteiger partial charge on any atom is 0.346 e. The van der Waals surface area contributed by atoms with Crippen LogP contribution in [0.3, 0.4) is 0 Å². The summed E-state index contributed by atoms with van der Waals surface area (Å²) in [7, 11) is 1.60. The molecule has 29 heavy (non-hydrogen) atoms. The van der Waals surface area contributed by atoms with Gasteiger partial charge in [0.15, 0.2) is 5.82 Å². The Kier molecular flexibility index (Phi) is 6.29. The molecule has 0 atom stereocenters. The number of carbonyl (C=O) groups is 1. The van der Waals surface area contributed by atoms with Gasteiger partial charge in [0.1, 0.15) is 12.3 Å². The average Bonchev–Trinajstić information content (AvgIpc) is 3.07. The van der Waals surface area contributed by atoms with Gasteiger partial charge in [-0.3, -0.25) is 9.36 Å². The molecule has 0 spiro atoms. The molecule has 0 aliphatic heterocycles. The number of carbonyl (C=O) groups excluding carboxylic acids is 1. The number of nitrogens with zero attached hydrogens (tertiary/aromatic N) is 3. The molecule has 2 aromatic carbocycles. The van der Waals surface area contributed by atoms with Crippen LogP contribution < -0.4 is 15.7 Å². The van der Waals surface area contributed by atoms with E-state index in [4.69, 9.17) is 4.74 Å². The first-order chi connectivity index (χ1) is 14.0. The number of ether oxygens (including phenoxy) is 1. The van der Waals surface area contributed by atoms with Crippen LogP contribution in [-0.2, 0) is 24.4 Å². The summed E-state index contributed by atoms with van der Waals surface area (Å²) < 4.78 is 7.91. The van der Waals surface area contributed by atoms with Crippen molar-refractivity contribution in [1.29, 1.82) is 0 Å². The molecule has 0 saturated carbocycles. The summed E-state index contributed by atoms with van der Waals surface area (Å²) in [5.74, 6) is 0.961. The lowest BCUT2D eigenvalue weighted by Gasteiger charge is -2.06. The second-order valence-electron chi connectivity index (χ2n) is 6.46. The zero-order valence-corrected chi connectivity index (χ0v) is 16.6. The van der Waals surface area contributed by atoms with Gasteiger partial charge >= 0.3 is 5.69 Å². The van der Waals surface area contributed by atoms with Crippen molar-refractivity contribution in [2.45, 2.75) is 26.6 Å². The predicted octanol–water partition coefficient (Wildman–Crippen LogP) is 2.70. The van der Waals surface area contributed by atoms with Gasteiger partial charge in [0.2, 0.25) is 5.91 Å². The summed E-state index contributed by atoms with van der Waals surface area (Å²) in [5.41, 5.74) is 2.41. The van der Waals surface area contributed by atoms with E-state index in [2.05, 4.69) is 17.0 Å². The van der Waals surface area contributed by atoms with Crippen LogP contribution in [0.1, 0.15) is 18.1 Å². The highest BCUT2D eigenvalue weighted by atomic mass is 16.5. The fraction of sp³-hybridized carbons (Fsp3) is 0.227. The number of benzene rings is 2. The van der Waals surface area contributed by atoms with Gasteiger partial charge in [-0.1, -0.05) is 30.9 Å². The maximum atomic E-state index is 12.7. The van der Waals surface area contributed by atoms with E-state index in [9.17, 15) is 9.59 Å². The van der Waals surface area contributed by atoms with Crippen LogP contribution in [-0.4, -0.2) is 27.4 Å². The highest BCUT2D eigenvalue weighted by Gasteiger charge is 2.16. The Morgan fingerprint density at radius 2 is 2.00 bits per heavy atom. The minimum atomic E-state index is -0.317. The third-order valence-electron chi connectivity index (χ3n) is 4.56. The van der Waals surface area contributed by atoms with Crippen LogP contribution in [0, 0.1) is 0 Å². The SMILES string of the molecule is C=Cc1cccc(CNC(=O)Cn2nc(-c3ccc(OC)cc3)n(CC)c2=O)c1. The van der Waals surface area contributed by atoms with Crippen LogP contribution in [0.15, 0.2) is 59.9 Å². The van der Waals surface area contributed by atoms with Crippen molar-refractivity contribution in [2.24, 2.45) is 0 Å². The molecule has 0 fully saturated rings. The first kappa shape index (κ1) is 20.1. The van der Waals surface area contributed by atoms with E-state index in [0.717, 1.165) is 22.4 Å². The van der Waals surface area contributed by atoms with E-state index in [0.29, 0.717) is 18.9 Å². The minimum Gasteiger partial charge on any atom is -0.497 e. The van der Waals surface area contributed by atoms with Crippen molar-refractivity contribution < 1.29 is 9.53 Å². The van der Waals surface area contributed by atoms with Crippen LogP contribution in [0.2, 0.25) is 0 Å². The molecular formula is C22H24N4O3. The molecule has 0 saturated heterocycles. The third kappa shape index (κ3) is 4.63. The van der Waals surface area contributed by atoms with Gasteiger partial charge in [-0.15, -0.1) is 5.10 Å². The molecule has 0 unspecified atom stereocenters. The monoisotopic (exact) mass is 392 g/mol. The standard InChI is InChI=1S/C22H24N4O3/c1-4-16-7-6-8-17(13-16)14-23-20(27)15-26-22(28)25(5-2)21(24-26)18-9-11-19(29-3)12-10-18/h4,6-13H,1,5,14-15H2,2-3H3,(H,23,27). The van der Waals surface area contributed by atoms with Gasteiger partial charge in [0.25, 0.3) is 0 Å². The Bertz CT molecular complexity index is 1060. The summed E-state index contributed by atoms with van der Waals surface area (Å²) >= 11 is 0. The van der Waals surface area contributed by atoms with Gasteiger partial charge < -0.3 is 10.1 Å². The van der Waals surface area contributed by atoms with Crippen molar-refractivity contribution >= 4 is 12.0 Å². The van der Waals surface area contributed by atoms with Crippen LogP contribution in [0.5, 0.6) is 5.75 Å². The molecular weight excluding hydrogens is 368 g/mol. The summed E-state index contributed by atoms with van der Waals surface area (Å²) in [6.45, 7) is 6.29. The predicted molar refractivity (Wildman–Crippen MR) is 113 cm³/mol. The molecule has 0 aliphatic rings. The van der Waals surface area contributed by atoms with E-state index in [1.54, 1.807) is 17.8 Å². The van der Waals surface area contributed by atoms with Crippen LogP contribution in [0.4, 0.5) is 0 Å². The Labute approximate surface area is 169 Å². The van der Waals surface area contributed by atoms with Crippen molar-refractivity contribution in [2.75, 3.05) is 7.11 Å². The molecule has 150 valence electrons. The summed E-state index contributed by atoms with van der Waals surface area (Å²) in [6.07, 6.45) is 1.75. The number of hydrogen-bond acceptors (Lipinski definition) is 4. The zero-order valence-electron chi connectivity index (χ0n) is 16.6. The molecule has 0 aliphatic carbocycles. The lowest BCUT2D eigenvalue weighted by atomic mass is 10.1. The molecule has 7 heteroatoms. The first-order valence-corrected chi connectivity index (χ1v) is 9.35. The number of methoxy groups -OCH3 is 1. The molecule has 3 aromatic rings. The largest absolute Gasteiger partial charge is 0.497 e. The molecule has 0 bridgehead atoms. The van der Waals surface area contributed by atoms with Gasteiger partial charge in [-0.05, 0) is 48.4 Å². The average molecular weight is 392 g/mol. The highest BCUT2D eigenvalue weighted by molar-refractivity contribution is 5.75. The second kappa shape index (κ2) is 9.05. The highest BCUT2D eigenvalue weighted by Crippen LogP contribution is 2.19. The maximum absolute atomic E-state index is 12.7. The Balaban J connectivity index is 1.74. The van der Waals surface area contributed by atoms with Gasteiger partial charge in [0.05, 0.1) is 7.11 Å². The Morgan fingerprint density at radius 1 is 1.24 bits per heavy atom. The van der Waals surface area contributed by atoms with Gasteiger partial charge in [0, 0.05) is 18.7 Å². The van der Waals surface area contributed by atoms with E-state index in [1.807, 2.05) is 55.5 Å². The lowest BCUT2D eigenvalue weighted by Crippen LogP contribution is -2.33. The summed E-state index contributed by atoms with van der Waals surface area (Å²) in [5, 5.41) is 7.21. The number of aromatic nitrogens is 3. The van der Waals surface area contributed by atoms with E-state index in [1.165, 1.54) is 4.68 Å². The summed E-state index contributed by atoms with van der Waals surface area (Å²) in [4.78, 5) is 25.0. The van der Waals surface area contributed by atoms with Crippen molar-refractivity contribution in [3.63, 3.8) is 0 Å². The normalized spacial score (nSPS) is 10.6. The van der Waals surface area contributed by atoms with Gasteiger partial charge in [-0.2, -0.15) is 0 Å². The zero-order chi connectivity index (χ0) is 20.8. The third-order valence-corrected chi connectivity index (χ3v) is 4.56. The number of amides is 1. The summed E-state index contributed by atoms with van der Waals surface area (Å²) in [6, 6.07) is 15.0. The molecule has 1 amide bonds. The minimum absolute atomic E-state index is 0.143. The van der Waals surface area contributed by atoms with E-state index >= 15 is 0 Å². The molecule has 0 radical (unpaired) electrons. The molecule has 1 N–H and O–H groups in total. The Morgan fingerprint density at radius 3 is 2.66 bits per heavy atom. The molecule has 7 nitrogen and oxygen atoms in total. The van der Waals surface area contributed by atoms with Gasteiger partial charge in [-0.25, -0.2) is 9.48 Å². The fourth-order valence-corrected chi connectivity index (χ4v) is 3.01. The fourth-order valence-electron chi connectivity index (χ4n) is 3.01. The van der Waals surface area contributed by atoms with Crippen LogP contribution >= 0.6 is 0 Å². The number of nitrogens with one attached hydrogen (secondary N) is 1. The smallest absolute Gasteiger partial charge is 0.346 e.